The Morgan fingerprint density at radius 3 is 3.00 bits per heavy atom. The lowest BCUT2D eigenvalue weighted by atomic mass is 9.77. The van der Waals surface area contributed by atoms with E-state index in [9.17, 15) is 4.79 Å². The predicted octanol–water partition coefficient (Wildman–Crippen LogP) is 3.99. The molecular weight excluding hydrogens is 346 g/mol. The first kappa shape index (κ1) is 16.1. The SMILES string of the molecule is CO[C@H]1CN(C(=O)Cc2cccs2)[C@H]2Cc3c(oc4ccccc34)[C@@H]1C2. The van der Waals surface area contributed by atoms with Gasteiger partial charge in [0.25, 0.3) is 0 Å². The Kier molecular flexibility index (Phi) is 3.87. The molecule has 3 heterocycles. The van der Waals surface area contributed by atoms with Crippen LogP contribution in [0.25, 0.3) is 11.0 Å². The maximum absolute atomic E-state index is 13.0. The molecule has 1 aliphatic carbocycles. The van der Waals surface area contributed by atoms with Crippen molar-refractivity contribution in [3.63, 3.8) is 0 Å². The van der Waals surface area contributed by atoms with Crippen molar-refractivity contribution >= 4 is 28.2 Å². The van der Waals surface area contributed by atoms with Crippen LogP contribution in [-0.4, -0.2) is 36.6 Å². The number of para-hydroxylation sites is 1. The Morgan fingerprint density at radius 1 is 1.31 bits per heavy atom. The fourth-order valence-electron chi connectivity index (χ4n) is 4.58. The zero-order valence-electron chi connectivity index (χ0n) is 14.7. The highest BCUT2D eigenvalue weighted by Crippen LogP contribution is 2.45. The standard InChI is InChI=1S/C21H21NO3S/c1-24-19-12-22(20(23)11-14-5-4-8-26-14)13-9-16-15-6-2-3-7-18(15)25-21(16)17(19)10-13/h2-8,13,17,19H,9-12H2,1H3/t13-,17+,19-/m0/s1. The summed E-state index contributed by atoms with van der Waals surface area (Å²) in [7, 11) is 1.74. The molecule has 2 aliphatic rings. The van der Waals surface area contributed by atoms with E-state index in [1.54, 1.807) is 18.4 Å². The lowest BCUT2D eigenvalue weighted by Crippen LogP contribution is -2.55. The Hall–Kier alpha value is -2.11. The first-order valence-corrected chi connectivity index (χ1v) is 9.97. The summed E-state index contributed by atoms with van der Waals surface area (Å²) >= 11 is 1.64. The van der Waals surface area contributed by atoms with Crippen LogP contribution in [0, 0.1) is 0 Å². The van der Waals surface area contributed by atoms with E-state index in [2.05, 4.69) is 17.0 Å². The maximum Gasteiger partial charge on any atom is 0.228 e. The topological polar surface area (TPSA) is 42.7 Å². The third-order valence-electron chi connectivity index (χ3n) is 5.83. The van der Waals surface area contributed by atoms with E-state index in [4.69, 9.17) is 9.15 Å². The number of hydrogen-bond donors (Lipinski definition) is 0. The summed E-state index contributed by atoms with van der Waals surface area (Å²) in [4.78, 5) is 16.2. The van der Waals surface area contributed by atoms with Crippen molar-refractivity contribution in [1.29, 1.82) is 0 Å². The minimum Gasteiger partial charge on any atom is -0.460 e. The largest absolute Gasteiger partial charge is 0.460 e. The van der Waals surface area contributed by atoms with E-state index in [0.29, 0.717) is 13.0 Å². The van der Waals surface area contributed by atoms with Gasteiger partial charge in [-0.2, -0.15) is 0 Å². The van der Waals surface area contributed by atoms with Gasteiger partial charge in [-0.1, -0.05) is 24.3 Å². The molecule has 4 nitrogen and oxygen atoms in total. The van der Waals surface area contributed by atoms with E-state index in [1.807, 2.05) is 29.6 Å². The third-order valence-corrected chi connectivity index (χ3v) is 6.70. The van der Waals surface area contributed by atoms with Crippen LogP contribution in [0.2, 0.25) is 0 Å². The quantitative estimate of drug-likeness (QED) is 0.703. The minimum absolute atomic E-state index is 0.0156. The average Bonchev–Trinajstić information content (AvgIpc) is 3.30. The number of methoxy groups -OCH3 is 1. The van der Waals surface area contributed by atoms with Crippen LogP contribution >= 0.6 is 11.3 Å². The Labute approximate surface area is 156 Å². The van der Waals surface area contributed by atoms with Crippen molar-refractivity contribution in [3.8, 4) is 0 Å². The molecule has 1 aromatic carbocycles. The summed E-state index contributed by atoms with van der Waals surface area (Å²) in [5, 5.41) is 3.21. The summed E-state index contributed by atoms with van der Waals surface area (Å²) in [5.41, 5.74) is 2.20. The second-order valence-corrected chi connectivity index (χ2v) is 8.25. The molecular formula is C21H21NO3S. The molecule has 26 heavy (non-hydrogen) atoms. The van der Waals surface area contributed by atoms with Crippen LogP contribution in [0.3, 0.4) is 0 Å². The average molecular weight is 367 g/mol. The second kappa shape index (κ2) is 6.25. The van der Waals surface area contributed by atoms with Gasteiger partial charge >= 0.3 is 0 Å². The number of fused-ring (bicyclic) bond motifs is 6. The first-order valence-electron chi connectivity index (χ1n) is 9.09. The smallest absolute Gasteiger partial charge is 0.228 e. The van der Waals surface area contributed by atoms with Gasteiger partial charge in [0.2, 0.25) is 5.91 Å². The lowest BCUT2D eigenvalue weighted by Gasteiger charge is -2.46. The highest BCUT2D eigenvalue weighted by Gasteiger charge is 2.45. The monoisotopic (exact) mass is 367 g/mol. The van der Waals surface area contributed by atoms with E-state index >= 15 is 0 Å². The maximum atomic E-state index is 13.0. The van der Waals surface area contributed by atoms with Gasteiger partial charge < -0.3 is 14.1 Å². The van der Waals surface area contributed by atoms with Crippen LogP contribution in [0.1, 0.15) is 28.5 Å². The number of hydrogen-bond acceptors (Lipinski definition) is 4. The highest BCUT2D eigenvalue weighted by molar-refractivity contribution is 7.10. The molecule has 5 heteroatoms. The van der Waals surface area contributed by atoms with Gasteiger partial charge in [0.05, 0.1) is 12.5 Å². The molecule has 0 spiro atoms. The number of likely N-dealkylation sites (tertiary alicyclic amines) is 1. The number of furan rings is 1. The molecule has 0 N–H and O–H groups in total. The van der Waals surface area contributed by atoms with Crippen LogP contribution < -0.4 is 0 Å². The highest BCUT2D eigenvalue weighted by atomic mass is 32.1. The fourth-order valence-corrected chi connectivity index (χ4v) is 5.28. The van der Waals surface area contributed by atoms with Crippen molar-refractivity contribution < 1.29 is 13.9 Å². The Bertz CT molecular complexity index is 945. The van der Waals surface area contributed by atoms with Crippen LogP contribution in [-0.2, 0) is 22.4 Å². The number of piperidine rings is 1. The first-order chi connectivity index (χ1) is 12.7. The van der Waals surface area contributed by atoms with Gasteiger partial charge in [-0.15, -0.1) is 11.3 Å². The molecule has 3 atom stereocenters. The van der Waals surface area contributed by atoms with Gasteiger partial charge in [-0.25, -0.2) is 0 Å². The number of rotatable bonds is 3. The molecule has 0 unspecified atom stereocenters. The summed E-state index contributed by atoms with van der Waals surface area (Å²) < 4.78 is 12.0. The number of thiophene rings is 1. The zero-order chi connectivity index (χ0) is 17.7. The normalized spacial score (nSPS) is 24.7. The minimum atomic E-state index is -0.0156. The van der Waals surface area contributed by atoms with E-state index < -0.39 is 0 Å². The van der Waals surface area contributed by atoms with Crippen LogP contribution in [0.5, 0.6) is 0 Å². The van der Waals surface area contributed by atoms with Crippen molar-refractivity contribution in [1.82, 2.24) is 4.90 Å². The Balaban J connectivity index is 1.50. The zero-order valence-corrected chi connectivity index (χ0v) is 15.5. The summed E-state index contributed by atoms with van der Waals surface area (Å²) in [6, 6.07) is 12.5. The van der Waals surface area contributed by atoms with Gasteiger partial charge in [-0.05, 0) is 30.4 Å². The third kappa shape index (κ3) is 2.49. The van der Waals surface area contributed by atoms with Gasteiger partial charge in [0.1, 0.15) is 11.3 Å². The molecule has 1 aliphatic heterocycles. The van der Waals surface area contributed by atoms with Gasteiger partial charge in [0, 0.05) is 41.4 Å². The molecule has 5 rings (SSSR count). The molecule has 1 saturated heterocycles. The van der Waals surface area contributed by atoms with E-state index in [-0.39, 0.29) is 24.0 Å². The summed E-state index contributed by atoms with van der Waals surface area (Å²) in [6.45, 7) is 0.645. The van der Waals surface area contributed by atoms with E-state index in [0.717, 1.165) is 29.1 Å². The molecule has 0 radical (unpaired) electrons. The molecule has 3 aromatic rings. The number of ether oxygens (including phenoxy) is 1. The molecule has 2 bridgehead atoms. The number of amides is 1. The van der Waals surface area contributed by atoms with Gasteiger partial charge in [0.15, 0.2) is 0 Å². The number of carbonyl (C=O) groups excluding carboxylic acids is 1. The number of nitrogens with zero attached hydrogens (tertiary/aromatic N) is 1. The predicted molar refractivity (Wildman–Crippen MR) is 102 cm³/mol. The second-order valence-electron chi connectivity index (χ2n) is 7.22. The molecule has 2 aromatic heterocycles. The van der Waals surface area contributed by atoms with Crippen molar-refractivity contribution in [2.45, 2.75) is 37.3 Å². The van der Waals surface area contributed by atoms with Crippen molar-refractivity contribution in [2.75, 3.05) is 13.7 Å². The number of benzene rings is 1. The number of carbonyl (C=O) groups is 1. The molecule has 0 saturated carbocycles. The molecule has 134 valence electrons. The molecule has 1 amide bonds. The fraction of sp³-hybridized carbons (Fsp3) is 0.381. The van der Waals surface area contributed by atoms with Crippen molar-refractivity contribution in [3.05, 3.63) is 58.0 Å². The molecule has 1 fully saturated rings. The lowest BCUT2D eigenvalue weighted by molar-refractivity contribution is -0.139. The summed E-state index contributed by atoms with van der Waals surface area (Å²) in [5.74, 6) is 1.50. The van der Waals surface area contributed by atoms with Crippen LogP contribution in [0.4, 0.5) is 0 Å². The van der Waals surface area contributed by atoms with Crippen molar-refractivity contribution in [2.24, 2.45) is 0 Å². The van der Waals surface area contributed by atoms with Gasteiger partial charge in [-0.3, -0.25) is 4.79 Å². The summed E-state index contributed by atoms with van der Waals surface area (Å²) in [6.07, 6.45) is 2.25. The van der Waals surface area contributed by atoms with Crippen LogP contribution in [0.15, 0.2) is 46.2 Å². The Morgan fingerprint density at radius 2 is 2.19 bits per heavy atom. The van der Waals surface area contributed by atoms with E-state index in [1.165, 1.54) is 10.9 Å².